The van der Waals surface area contributed by atoms with Gasteiger partial charge in [0.05, 0.1) is 11.8 Å². The van der Waals surface area contributed by atoms with Crippen molar-refractivity contribution >= 4 is 50.3 Å². The maximum absolute atomic E-state index is 12.3. The molecule has 0 radical (unpaired) electrons. The van der Waals surface area contributed by atoms with E-state index in [9.17, 15) is 14.9 Å². The number of anilines is 1. The highest BCUT2D eigenvalue weighted by Crippen LogP contribution is 2.37. The standard InChI is InChI=1S/C25H21BrN4O3S/c26-18-7-3-6-17(11-18)15-33-19-8-4-5-16(12-19)14-28-30-24(32)23(31)29-25-21(13-27)20-9-1-2-10-22(20)34-25/h3-8,11-12,14H,1-2,9-10,15H2,(H,29,31)(H,30,32)/b28-14+. The van der Waals surface area contributed by atoms with Crippen LogP contribution in [0.1, 0.15) is 40.0 Å². The lowest BCUT2D eigenvalue weighted by Crippen LogP contribution is -2.32. The van der Waals surface area contributed by atoms with E-state index >= 15 is 0 Å². The lowest BCUT2D eigenvalue weighted by atomic mass is 9.96. The highest BCUT2D eigenvalue weighted by molar-refractivity contribution is 9.10. The molecule has 1 aromatic heterocycles. The average molecular weight is 537 g/mol. The maximum atomic E-state index is 12.3. The topological polar surface area (TPSA) is 104 Å². The van der Waals surface area contributed by atoms with Crippen LogP contribution in [0.4, 0.5) is 5.00 Å². The normalized spacial score (nSPS) is 12.6. The zero-order chi connectivity index (χ0) is 23.9. The number of aryl methyl sites for hydroxylation is 1. The van der Waals surface area contributed by atoms with E-state index in [-0.39, 0.29) is 0 Å². The first kappa shape index (κ1) is 23.7. The minimum Gasteiger partial charge on any atom is -0.489 e. The van der Waals surface area contributed by atoms with Crippen LogP contribution in [0.3, 0.4) is 0 Å². The van der Waals surface area contributed by atoms with Gasteiger partial charge in [0.25, 0.3) is 0 Å². The zero-order valence-electron chi connectivity index (χ0n) is 18.1. The maximum Gasteiger partial charge on any atom is 0.329 e. The van der Waals surface area contributed by atoms with E-state index in [0.717, 1.165) is 46.2 Å². The molecule has 3 aromatic rings. The molecule has 1 aliphatic carbocycles. The van der Waals surface area contributed by atoms with Gasteiger partial charge in [-0.25, -0.2) is 5.43 Å². The first-order chi connectivity index (χ1) is 16.5. The van der Waals surface area contributed by atoms with Gasteiger partial charge in [0.15, 0.2) is 0 Å². The Balaban J connectivity index is 1.32. The number of benzene rings is 2. The second-order valence-electron chi connectivity index (χ2n) is 7.67. The quantitative estimate of drug-likeness (QED) is 0.264. The Hall–Kier alpha value is -3.48. The summed E-state index contributed by atoms with van der Waals surface area (Å²) >= 11 is 4.81. The number of nitrogens with one attached hydrogen (secondary N) is 2. The molecule has 2 aromatic carbocycles. The highest BCUT2D eigenvalue weighted by atomic mass is 79.9. The van der Waals surface area contributed by atoms with E-state index in [1.165, 1.54) is 17.6 Å². The number of hydrogen-bond acceptors (Lipinski definition) is 6. The molecular weight excluding hydrogens is 516 g/mol. The van der Waals surface area contributed by atoms with Crippen LogP contribution in [0, 0.1) is 11.3 Å². The van der Waals surface area contributed by atoms with Crippen LogP contribution in [0.25, 0.3) is 0 Å². The number of hydrazone groups is 1. The Morgan fingerprint density at radius 3 is 2.79 bits per heavy atom. The van der Waals surface area contributed by atoms with Gasteiger partial charge in [-0.3, -0.25) is 9.59 Å². The number of carbonyl (C=O) groups is 2. The number of nitriles is 1. The summed E-state index contributed by atoms with van der Waals surface area (Å²) in [7, 11) is 0. The SMILES string of the molecule is N#Cc1c(NC(=O)C(=O)N/N=C/c2cccc(OCc3cccc(Br)c3)c2)sc2c1CCCC2. The minimum atomic E-state index is -0.909. The smallest absolute Gasteiger partial charge is 0.329 e. The first-order valence-electron chi connectivity index (χ1n) is 10.7. The largest absolute Gasteiger partial charge is 0.489 e. The molecular formula is C25H21BrN4O3S. The van der Waals surface area contributed by atoms with E-state index in [0.29, 0.717) is 28.5 Å². The summed E-state index contributed by atoms with van der Waals surface area (Å²) in [5, 5.41) is 16.3. The molecule has 0 atom stereocenters. The zero-order valence-corrected chi connectivity index (χ0v) is 20.5. The molecule has 2 amide bonds. The Bertz CT molecular complexity index is 1300. The third-order valence-corrected chi connectivity index (χ3v) is 6.95. The van der Waals surface area contributed by atoms with Gasteiger partial charge in [0.1, 0.15) is 23.4 Å². The molecule has 0 fully saturated rings. The molecule has 9 heteroatoms. The highest BCUT2D eigenvalue weighted by Gasteiger charge is 2.23. The van der Waals surface area contributed by atoms with Crippen molar-refractivity contribution in [3.05, 3.63) is 80.1 Å². The summed E-state index contributed by atoms with van der Waals surface area (Å²) in [6.07, 6.45) is 5.25. The van der Waals surface area contributed by atoms with Crippen molar-refractivity contribution in [1.29, 1.82) is 5.26 Å². The average Bonchev–Trinajstić information content (AvgIpc) is 3.20. The molecule has 7 nitrogen and oxygen atoms in total. The molecule has 1 aliphatic rings. The molecule has 1 heterocycles. The Morgan fingerprint density at radius 1 is 1.15 bits per heavy atom. The van der Waals surface area contributed by atoms with Crippen LogP contribution in [0.5, 0.6) is 5.75 Å². The predicted molar refractivity (Wildman–Crippen MR) is 135 cm³/mol. The monoisotopic (exact) mass is 536 g/mol. The molecule has 0 aliphatic heterocycles. The predicted octanol–water partition coefficient (Wildman–Crippen LogP) is 4.93. The number of fused-ring (bicyclic) bond motifs is 1. The van der Waals surface area contributed by atoms with Crippen molar-refractivity contribution < 1.29 is 14.3 Å². The summed E-state index contributed by atoms with van der Waals surface area (Å²) < 4.78 is 6.80. The molecule has 0 unspecified atom stereocenters. The Labute approximate surface area is 209 Å². The summed E-state index contributed by atoms with van der Waals surface area (Å²) in [4.78, 5) is 25.6. The fourth-order valence-corrected chi connectivity index (χ4v) is 5.31. The van der Waals surface area contributed by atoms with Crippen molar-refractivity contribution in [1.82, 2.24) is 5.43 Å². The summed E-state index contributed by atoms with van der Waals surface area (Å²) in [6, 6.07) is 17.2. The van der Waals surface area contributed by atoms with Gasteiger partial charge < -0.3 is 10.1 Å². The van der Waals surface area contributed by atoms with E-state index in [2.05, 4.69) is 37.8 Å². The number of hydrogen-bond donors (Lipinski definition) is 2. The summed E-state index contributed by atoms with van der Waals surface area (Å²) in [6.45, 7) is 0.410. The van der Waals surface area contributed by atoms with Crippen molar-refractivity contribution in [2.45, 2.75) is 32.3 Å². The van der Waals surface area contributed by atoms with Gasteiger partial charge in [-0.2, -0.15) is 10.4 Å². The number of amides is 2. The van der Waals surface area contributed by atoms with Crippen LogP contribution >= 0.6 is 27.3 Å². The van der Waals surface area contributed by atoms with Gasteiger partial charge in [-0.15, -0.1) is 11.3 Å². The van der Waals surface area contributed by atoms with Crippen LogP contribution in [-0.2, 0) is 29.0 Å². The number of carbonyl (C=O) groups excluding carboxylic acids is 2. The number of rotatable bonds is 6. The van der Waals surface area contributed by atoms with Crippen molar-refractivity contribution in [3.63, 3.8) is 0 Å². The number of nitrogens with zero attached hydrogens (tertiary/aromatic N) is 2. The van der Waals surface area contributed by atoms with Crippen LogP contribution in [0.15, 0.2) is 58.1 Å². The van der Waals surface area contributed by atoms with E-state index in [4.69, 9.17) is 4.74 Å². The Kier molecular flexibility index (Phi) is 7.72. The summed E-state index contributed by atoms with van der Waals surface area (Å²) in [5.74, 6) is -1.12. The second kappa shape index (κ2) is 11.1. The van der Waals surface area contributed by atoms with Gasteiger partial charge in [0.2, 0.25) is 0 Å². The van der Waals surface area contributed by atoms with Gasteiger partial charge in [-0.05, 0) is 66.6 Å². The van der Waals surface area contributed by atoms with Crippen LogP contribution in [0.2, 0.25) is 0 Å². The van der Waals surface area contributed by atoms with Crippen molar-refractivity contribution in [3.8, 4) is 11.8 Å². The molecule has 34 heavy (non-hydrogen) atoms. The molecule has 2 N–H and O–H groups in total. The van der Waals surface area contributed by atoms with E-state index in [1.54, 1.807) is 12.1 Å². The third kappa shape index (κ3) is 5.90. The van der Waals surface area contributed by atoms with Crippen molar-refractivity contribution in [2.24, 2.45) is 5.10 Å². The summed E-state index contributed by atoms with van der Waals surface area (Å²) in [5.41, 5.74) is 5.41. The third-order valence-electron chi connectivity index (χ3n) is 5.25. The van der Waals surface area contributed by atoms with Gasteiger partial charge in [-0.1, -0.05) is 40.2 Å². The van der Waals surface area contributed by atoms with Crippen molar-refractivity contribution in [2.75, 3.05) is 5.32 Å². The van der Waals surface area contributed by atoms with E-state index < -0.39 is 11.8 Å². The molecule has 0 bridgehead atoms. The van der Waals surface area contributed by atoms with E-state index in [1.807, 2.05) is 36.4 Å². The lowest BCUT2D eigenvalue weighted by molar-refractivity contribution is -0.136. The molecule has 0 saturated carbocycles. The fourth-order valence-electron chi connectivity index (χ4n) is 3.63. The number of halogens is 1. The van der Waals surface area contributed by atoms with Gasteiger partial charge in [0, 0.05) is 9.35 Å². The number of ether oxygens (including phenoxy) is 1. The lowest BCUT2D eigenvalue weighted by Gasteiger charge is -2.09. The second-order valence-corrected chi connectivity index (χ2v) is 9.69. The molecule has 0 spiro atoms. The first-order valence-corrected chi connectivity index (χ1v) is 12.3. The molecule has 172 valence electrons. The molecule has 4 rings (SSSR count). The minimum absolute atomic E-state index is 0.410. The fraction of sp³-hybridized carbons (Fsp3) is 0.200. The van der Waals surface area contributed by atoms with Crippen LogP contribution in [-0.4, -0.2) is 18.0 Å². The number of thiophene rings is 1. The van der Waals surface area contributed by atoms with Crippen LogP contribution < -0.4 is 15.5 Å². The molecule has 0 saturated heterocycles. The van der Waals surface area contributed by atoms with Gasteiger partial charge >= 0.3 is 11.8 Å². The Morgan fingerprint density at radius 2 is 1.97 bits per heavy atom.